The first kappa shape index (κ1) is 29.4. The van der Waals surface area contributed by atoms with Gasteiger partial charge >= 0.3 is 5.97 Å². The summed E-state index contributed by atoms with van der Waals surface area (Å²) in [4.78, 5) is 35.6. The lowest BCUT2D eigenvalue weighted by atomic mass is 9.95. The summed E-state index contributed by atoms with van der Waals surface area (Å²) in [6, 6.07) is 23.2. The first-order chi connectivity index (χ1) is 21.9. The van der Waals surface area contributed by atoms with Gasteiger partial charge in [0.2, 0.25) is 5.91 Å². The maximum absolute atomic E-state index is 13.6. The fourth-order valence-corrected chi connectivity index (χ4v) is 5.67. The van der Waals surface area contributed by atoms with Gasteiger partial charge in [0, 0.05) is 31.9 Å². The minimum atomic E-state index is -1.25. The second kappa shape index (κ2) is 12.9. The minimum Gasteiger partial charge on any atom is -0.507 e. The first-order valence-corrected chi connectivity index (χ1v) is 14.8. The number of aromatic nitrogens is 3. The maximum Gasteiger partial charge on any atom is 0.339 e. The zero-order valence-corrected chi connectivity index (χ0v) is 24.7. The van der Waals surface area contributed by atoms with Crippen LogP contribution in [0.2, 0.25) is 0 Å². The van der Waals surface area contributed by atoms with Crippen molar-refractivity contribution in [3.05, 3.63) is 120 Å². The van der Waals surface area contributed by atoms with E-state index < -0.39 is 5.97 Å². The van der Waals surface area contributed by atoms with Crippen molar-refractivity contribution in [1.29, 1.82) is 0 Å². The summed E-state index contributed by atoms with van der Waals surface area (Å²) < 4.78 is 2.26. The number of aromatic hydroxyl groups is 1. The summed E-state index contributed by atoms with van der Waals surface area (Å²) >= 11 is 0. The number of piperidine rings is 1. The molecule has 10 nitrogen and oxygen atoms in total. The Labute approximate surface area is 260 Å². The van der Waals surface area contributed by atoms with Gasteiger partial charge in [0.05, 0.1) is 23.1 Å². The topological polar surface area (TPSA) is 133 Å². The molecule has 45 heavy (non-hydrogen) atoms. The number of aryl methyl sites for hydroxylation is 1. The standard InChI is InChI=1S/C35H32N6O4/c1-23-37-31-21-36-16-13-32(31)41(23)22-24-14-17-40(18-15-24)34(43)20-29(25-5-3-2-4-6-25)26-7-9-27(10-8-26)38-39-28-11-12-33(42)30(19-28)35(44)45/h2-13,16,19-21,24,42H,14-15,17-18,22H2,1H3,(H,44,45)/b29-20?,39-38-. The van der Waals surface area contributed by atoms with Gasteiger partial charge in [-0.3, -0.25) is 9.78 Å². The molecular formula is C35H32N6O4. The predicted molar refractivity (Wildman–Crippen MR) is 171 cm³/mol. The number of fused-ring (bicyclic) bond motifs is 1. The molecule has 0 radical (unpaired) electrons. The number of hydrogen-bond acceptors (Lipinski definition) is 7. The Morgan fingerprint density at radius 1 is 0.933 bits per heavy atom. The molecule has 1 saturated heterocycles. The van der Waals surface area contributed by atoms with Crippen molar-refractivity contribution in [3.8, 4) is 5.75 Å². The zero-order valence-electron chi connectivity index (χ0n) is 24.7. The van der Waals surface area contributed by atoms with Crippen molar-refractivity contribution in [2.75, 3.05) is 13.1 Å². The van der Waals surface area contributed by atoms with Crippen LogP contribution in [-0.2, 0) is 11.3 Å². The van der Waals surface area contributed by atoms with Crippen molar-refractivity contribution in [1.82, 2.24) is 19.4 Å². The summed E-state index contributed by atoms with van der Waals surface area (Å²) in [7, 11) is 0. The molecular weight excluding hydrogens is 568 g/mol. The molecule has 1 aliphatic rings. The van der Waals surface area contributed by atoms with Gasteiger partial charge in [-0.05, 0) is 78.8 Å². The van der Waals surface area contributed by atoms with Crippen LogP contribution in [0.3, 0.4) is 0 Å². The van der Waals surface area contributed by atoms with E-state index in [2.05, 4.69) is 24.8 Å². The van der Waals surface area contributed by atoms with Crippen molar-refractivity contribution >= 4 is 39.9 Å². The number of carbonyl (C=O) groups is 2. The molecule has 1 fully saturated rings. The van der Waals surface area contributed by atoms with E-state index in [0.717, 1.165) is 52.9 Å². The van der Waals surface area contributed by atoms with Crippen molar-refractivity contribution < 1.29 is 19.8 Å². The lowest BCUT2D eigenvalue weighted by Gasteiger charge is -2.32. The minimum absolute atomic E-state index is 0.0204. The third-order valence-corrected chi connectivity index (χ3v) is 8.13. The largest absolute Gasteiger partial charge is 0.507 e. The molecule has 0 aliphatic carbocycles. The van der Waals surface area contributed by atoms with Gasteiger partial charge in [-0.1, -0.05) is 42.5 Å². The Hall–Kier alpha value is -5.64. The van der Waals surface area contributed by atoms with E-state index in [0.29, 0.717) is 30.4 Å². The Morgan fingerprint density at radius 3 is 2.36 bits per heavy atom. The molecule has 226 valence electrons. The van der Waals surface area contributed by atoms with E-state index >= 15 is 0 Å². The number of amides is 1. The van der Waals surface area contributed by atoms with Crippen molar-refractivity contribution in [2.24, 2.45) is 16.1 Å². The van der Waals surface area contributed by atoms with Crippen LogP contribution in [0, 0.1) is 12.8 Å². The highest BCUT2D eigenvalue weighted by atomic mass is 16.4. The second-order valence-corrected chi connectivity index (χ2v) is 11.1. The van der Waals surface area contributed by atoms with Gasteiger partial charge in [-0.2, -0.15) is 10.2 Å². The molecule has 6 rings (SSSR count). The number of phenols is 1. The van der Waals surface area contributed by atoms with Crippen LogP contribution in [0.15, 0.2) is 108 Å². The highest BCUT2D eigenvalue weighted by molar-refractivity contribution is 5.99. The molecule has 0 atom stereocenters. The molecule has 5 aromatic rings. The molecule has 2 aromatic heterocycles. The molecule has 0 saturated carbocycles. The molecule has 0 bridgehead atoms. The van der Waals surface area contributed by atoms with Gasteiger partial charge < -0.3 is 19.7 Å². The van der Waals surface area contributed by atoms with Crippen LogP contribution in [0.4, 0.5) is 11.4 Å². The Bertz CT molecular complexity index is 1910. The second-order valence-electron chi connectivity index (χ2n) is 11.1. The monoisotopic (exact) mass is 600 g/mol. The Balaban J connectivity index is 1.16. The summed E-state index contributed by atoms with van der Waals surface area (Å²) in [6.07, 6.45) is 7.14. The molecule has 10 heteroatoms. The van der Waals surface area contributed by atoms with Crippen LogP contribution in [0.1, 0.15) is 40.2 Å². The van der Waals surface area contributed by atoms with Crippen LogP contribution in [-0.4, -0.2) is 54.6 Å². The van der Waals surface area contributed by atoms with Crippen molar-refractivity contribution in [3.63, 3.8) is 0 Å². The van der Waals surface area contributed by atoms with Crippen LogP contribution < -0.4 is 0 Å². The van der Waals surface area contributed by atoms with Crippen LogP contribution in [0.25, 0.3) is 16.6 Å². The molecule has 3 heterocycles. The first-order valence-electron chi connectivity index (χ1n) is 14.8. The molecule has 2 N–H and O–H groups in total. The normalized spacial score (nSPS) is 14.3. The lowest BCUT2D eigenvalue weighted by molar-refractivity contribution is -0.127. The van der Waals surface area contributed by atoms with Gasteiger partial charge in [-0.15, -0.1) is 0 Å². The zero-order chi connectivity index (χ0) is 31.3. The third-order valence-electron chi connectivity index (χ3n) is 8.13. The number of azo groups is 1. The number of carbonyl (C=O) groups excluding carboxylic acids is 1. The number of rotatable bonds is 8. The van der Waals surface area contributed by atoms with E-state index in [4.69, 9.17) is 0 Å². The Kier molecular flexibility index (Phi) is 8.45. The highest BCUT2D eigenvalue weighted by Crippen LogP contribution is 2.29. The van der Waals surface area contributed by atoms with E-state index in [1.807, 2.05) is 60.4 Å². The van der Waals surface area contributed by atoms with E-state index in [-0.39, 0.29) is 17.2 Å². The number of pyridine rings is 1. The van der Waals surface area contributed by atoms with Gasteiger partial charge in [0.1, 0.15) is 22.7 Å². The van der Waals surface area contributed by atoms with Crippen LogP contribution in [0.5, 0.6) is 5.75 Å². The molecule has 3 aromatic carbocycles. The fraction of sp³-hybridized carbons (Fsp3) is 0.200. The number of imidazole rings is 1. The van der Waals surface area contributed by atoms with E-state index in [9.17, 15) is 19.8 Å². The average Bonchev–Trinajstić information content (AvgIpc) is 3.38. The number of benzene rings is 3. The molecule has 0 unspecified atom stereocenters. The quantitative estimate of drug-likeness (QED) is 0.147. The summed E-state index contributed by atoms with van der Waals surface area (Å²) in [5, 5.41) is 27.3. The number of aromatic carboxylic acids is 1. The molecule has 1 aliphatic heterocycles. The van der Waals surface area contributed by atoms with Gasteiger partial charge in [-0.25, -0.2) is 9.78 Å². The fourth-order valence-electron chi connectivity index (χ4n) is 5.67. The summed E-state index contributed by atoms with van der Waals surface area (Å²) in [5.41, 5.74) is 5.22. The number of hydrogen-bond donors (Lipinski definition) is 2. The molecule has 0 spiro atoms. The predicted octanol–water partition coefficient (Wildman–Crippen LogP) is 6.93. The lowest BCUT2D eigenvalue weighted by Crippen LogP contribution is -2.38. The van der Waals surface area contributed by atoms with E-state index in [1.54, 1.807) is 30.6 Å². The Morgan fingerprint density at radius 2 is 1.62 bits per heavy atom. The number of carboxylic acid groups (broad SMARTS) is 1. The SMILES string of the molecule is Cc1nc2cnccc2n1CC1CCN(C(=O)C=C(c2ccccc2)c2ccc(/N=N\c3ccc(O)c(C(=O)O)c3)cc2)CC1. The van der Waals surface area contributed by atoms with Crippen LogP contribution >= 0.6 is 0 Å². The van der Waals surface area contributed by atoms with E-state index in [1.165, 1.54) is 18.2 Å². The number of nitrogens with zero attached hydrogens (tertiary/aromatic N) is 6. The number of carboxylic acids is 1. The van der Waals surface area contributed by atoms with Crippen molar-refractivity contribution in [2.45, 2.75) is 26.3 Å². The van der Waals surface area contributed by atoms with Gasteiger partial charge in [0.25, 0.3) is 0 Å². The summed E-state index contributed by atoms with van der Waals surface area (Å²) in [6.45, 7) is 4.28. The smallest absolute Gasteiger partial charge is 0.339 e. The number of likely N-dealkylation sites (tertiary alicyclic amines) is 1. The third kappa shape index (κ3) is 6.65. The highest BCUT2D eigenvalue weighted by Gasteiger charge is 2.24. The van der Waals surface area contributed by atoms with Gasteiger partial charge in [0.15, 0.2) is 0 Å². The maximum atomic E-state index is 13.6. The molecule has 1 amide bonds. The summed E-state index contributed by atoms with van der Waals surface area (Å²) in [5.74, 6) is -0.166. The average molecular weight is 601 g/mol.